The van der Waals surface area contributed by atoms with Crippen molar-refractivity contribution in [3.63, 3.8) is 0 Å². The second-order valence-corrected chi connectivity index (χ2v) is 8.22. The van der Waals surface area contributed by atoms with E-state index in [4.69, 9.17) is 34.8 Å². The van der Waals surface area contributed by atoms with Crippen molar-refractivity contribution in [2.45, 2.75) is 3.79 Å². The zero-order valence-electron chi connectivity index (χ0n) is 14.9. The fraction of sp³-hybridized carbons (Fsp3) is 0.222. The third-order valence-corrected chi connectivity index (χ3v) is 3.59. The molecule has 0 saturated heterocycles. The highest BCUT2D eigenvalue weighted by atomic mass is 35.6. The average Bonchev–Trinajstić information content (AvgIpc) is 2.64. The van der Waals surface area contributed by atoms with Gasteiger partial charge >= 0.3 is 12.1 Å². The molecule has 0 unspecified atom stereocenters. The van der Waals surface area contributed by atoms with Crippen LogP contribution in [0.25, 0.3) is 0 Å². The monoisotopic (exact) mass is 443 g/mol. The van der Waals surface area contributed by atoms with Gasteiger partial charge in [0.1, 0.15) is 6.61 Å². The van der Waals surface area contributed by atoms with Crippen molar-refractivity contribution in [3.8, 4) is 0 Å². The van der Waals surface area contributed by atoms with Crippen LogP contribution in [0.5, 0.6) is 0 Å². The maximum Gasteiger partial charge on any atom is 0.516 e. The molecule has 2 aromatic carbocycles. The summed E-state index contributed by atoms with van der Waals surface area (Å²) in [4.78, 5) is 25.4. The normalized spacial score (nSPS) is 11.3. The van der Waals surface area contributed by atoms with Crippen LogP contribution in [0.4, 0.5) is 21.9 Å². The van der Waals surface area contributed by atoms with E-state index in [2.05, 4.69) is 19.7 Å². The van der Waals surface area contributed by atoms with Crippen LogP contribution in [-0.2, 0) is 9.47 Å². The standard InChI is InChI=1S/C18H16Cl3N3O4/c1-24(2)15-8-6-13(7-9-15)22-23-14-5-3-4-12(10-14)16(25)28-17(26)27-11-18(19,20)21/h3-10H,11H2,1-2H3. The lowest BCUT2D eigenvalue weighted by Crippen LogP contribution is -2.20. The van der Waals surface area contributed by atoms with Gasteiger partial charge in [-0.15, -0.1) is 0 Å². The van der Waals surface area contributed by atoms with Gasteiger partial charge in [0.15, 0.2) is 0 Å². The number of ether oxygens (including phenoxy) is 2. The summed E-state index contributed by atoms with van der Waals surface area (Å²) < 4.78 is 7.27. The summed E-state index contributed by atoms with van der Waals surface area (Å²) >= 11 is 16.3. The summed E-state index contributed by atoms with van der Waals surface area (Å²) in [5, 5.41) is 8.19. The van der Waals surface area contributed by atoms with Crippen LogP contribution in [0.1, 0.15) is 10.4 Å². The van der Waals surface area contributed by atoms with Crippen molar-refractivity contribution in [2.24, 2.45) is 10.2 Å². The Balaban J connectivity index is 2.00. The second kappa shape index (κ2) is 9.73. The number of halogens is 3. The predicted octanol–water partition coefficient (Wildman–Crippen LogP) is 5.83. The van der Waals surface area contributed by atoms with Crippen molar-refractivity contribution in [2.75, 3.05) is 25.6 Å². The quantitative estimate of drug-likeness (QED) is 0.251. The minimum Gasteiger partial charge on any atom is -0.429 e. The third-order valence-electron chi connectivity index (χ3n) is 3.26. The van der Waals surface area contributed by atoms with Gasteiger partial charge in [-0.3, -0.25) is 0 Å². The molecule has 0 heterocycles. The number of nitrogens with zero attached hydrogens (tertiary/aromatic N) is 3. The van der Waals surface area contributed by atoms with Crippen LogP contribution >= 0.6 is 34.8 Å². The first-order chi connectivity index (χ1) is 13.1. The van der Waals surface area contributed by atoms with Gasteiger partial charge in [0, 0.05) is 19.8 Å². The van der Waals surface area contributed by atoms with Crippen molar-refractivity contribution < 1.29 is 19.1 Å². The lowest BCUT2D eigenvalue weighted by atomic mass is 10.2. The molecular formula is C18H16Cl3N3O4. The predicted molar refractivity (Wildman–Crippen MR) is 108 cm³/mol. The summed E-state index contributed by atoms with van der Waals surface area (Å²) in [5.41, 5.74) is 2.17. The first kappa shape index (κ1) is 21.9. The van der Waals surface area contributed by atoms with E-state index in [-0.39, 0.29) is 5.56 Å². The van der Waals surface area contributed by atoms with Crippen LogP contribution in [0.15, 0.2) is 58.8 Å². The van der Waals surface area contributed by atoms with E-state index in [1.807, 2.05) is 43.3 Å². The highest BCUT2D eigenvalue weighted by Gasteiger charge is 2.24. The average molecular weight is 445 g/mol. The molecule has 0 saturated carbocycles. The Bertz CT molecular complexity index is 865. The summed E-state index contributed by atoms with van der Waals surface area (Å²) in [5.74, 6) is -0.929. The zero-order chi connectivity index (χ0) is 20.7. The number of rotatable bonds is 5. The van der Waals surface area contributed by atoms with Crippen LogP contribution < -0.4 is 4.90 Å². The van der Waals surface area contributed by atoms with Gasteiger partial charge in [0.2, 0.25) is 3.79 Å². The highest BCUT2D eigenvalue weighted by Crippen LogP contribution is 2.26. The third kappa shape index (κ3) is 7.34. The van der Waals surface area contributed by atoms with E-state index in [0.29, 0.717) is 11.4 Å². The molecule has 0 radical (unpaired) electrons. The van der Waals surface area contributed by atoms with Gasteiger partial charge in [-0.1, -0.05) is 40.9 Å². The molecule has 0 aliphatic heterocycles. The maximum atomic E-state index is 12.0. The molecule has 148 valence electrons. The lowest BCUT2D eigenvalue weighted by Gasteiger charge is -2.11. The Morgan fingerprint density at radius 3 is 2.25 bits per heavy atom. The number of azo groups is 1. The summed E-state index contributed by atoms with van der Waals surface area (Å²) in [6.45, 7) is -0.551. The number of benzene rings is 2. The van der Waals surface area contributed by atoms with E-state index < -0.39 is 22.5 Å². The molecule has 2 rings (SSSR count). The SMILES string of the molecule is CN(C)c1ccc(N=Nc2cccc(C(=O)OC(=O)OCC(Cl)(Cl)Cl)c2)cc1. The minimum atomic E-state index is -1.80. The topological polar surface area (TPSA) is 80.6 Å². The Labute approximate surface area is 176 Å². The Hall–Kier alpha value is -2.35. The molecule has 0 atom stereocenters. The summed E-state index contributed by atoms with van der Waals surface area (Å²) in [6, 6.07) is 13.5. The molecule has 10 heteroatoms. The summed E-state index contributed by atoms with van der Waals surface area (Å²) in [7, 11) is 3.88. The van der Waals surface area contributed by atoms with Gasteiger partial charge in [0.25, 0.3) is 0 Å². The van der Waals surface area contributed by atoms with Crippen molar-refractivity contribution >= 4 is 64.0 Å². The van der Waals surface area contributed by atoms with Gasteiger partial charge in [-0.05, 0) is 42.5 Å². The van der Waals surface area contributed by atoms with Crippen LogP contribution in [0.2, 0.25) is 0 Å². The molecule has 0 fully saturated rings. The van der Waals surface area contributed by atoms with E-state index in [1.165, 1.54) is 12.1 Å². The largest absolute Gasteiger partial charge is 0.516 e. The molecule has 0 N–H and O–H groups in total. The van der Waals surface area contributed by atoms with E-state index in [0.717, 1.165) is 5.69 Å². The number of carbonyl (C=O) groups excluding carboxylic acids is 2. The Kier molecular flexibility index (Phi) is 7.62. The van der Waals surface area contributed by atoms with Crippen LogP contribution in [0.3, 0.4) is 0 Å². The molecule has 0 amide bonds. The Morgan fingerprint density at radius 1 is 1.00 bits per heavy atom. The van der Waals surface area contributed by atoms with Gasteiger partial charge < -0.3 is 14.4 Å². The van der Waals surface area contributed by atoms with Gasteiger partial charge in [-0.25, -0.2) is 9.59 Å². The number of alkyl halides is 3. The first-order valence-electron chi connectivity index (χ1n) is 7.89. The molecule has 7 nitrogen and oxygen atoms in total. The van der Waals surface area contributed by atoms with Crippen molar-refractivity contribution in [3.05, 3.63) is 54.1 Å². The van der Waals surface area contributed by atoms with E-state index >= 15 is 0 Å². The molecule has 0 spiro atoms. The van der Waals surface area contributed by atoms with E-state index in [1.54, 1.807) is 12.1 Å². The van der Waals surface area contributed by atoms with Crippen molar-refractivity contribution in [1.29, 1.82) is 0 Å². The van der Waals surface area contributed by atoms with Crippen LogP contribution in [-0.4, -0.2) is 36.6 Å². The highest BCUT2D eigenvalue weighted by molar-refractivity contribution is 6.67. The molecule has 0 aliphatic rings. The van der Waals surface area contributed by atoms with E-state index in [9.17, 15) is 9.59 Å². The van der Waals surface area contributed by atoms with Crippen molar-refractivity contribution in [1.82, 2.24) is 0 Å². The van der Waals surface area contributed by atoms with Crippen LogP contribution in [0, 0.1) is 0 Å². The first-order valence-corrected chi connectivity index (χ1v) is 9.02. The Morgan fingerprint density at radius 2 is 1.64 bits per heavy atom. The number of hydrogen-bond acceptors (Lipinski definition) is 7. The number of anilines is 1. The van der Waals surface area contributed by atoms with Gasteiger partial charge in [-0.2, -0.15) is 10.2 Å². The number of carbonyl (C=O) groups is 2. The molecule has 0 aromatic heterocycles. The fourth-order valence-electron chi connectivity index (χ4n) is 1.93. The maximum absolute atomic E-state index is 12.0. The minimum absolute atomic E-state index is 0.0882. The van der Waals surface area contributed by atoms with Gasteiger partial charge in [0.05, 0.1) is 16.9 Å². The summed E-state index contributed by atoms with van der Waals surface area (Å²) in [6.07, 6.45) is -1.27. The fourth-order valence-corrected chi connectivity index (χ4v) is 2.10. The zero-order valence-corrected chi connectivity index (χ0v) is 17.2. The molecule has 0 bridgehead atoms. The lowest BCUT2D eigenvalue weighted by molar-refractivity contribution is 0.0391. The molecular weight excluding hydrogens is 429 g/mol. The molecule has 2 aromatic rings. The molecule has 0 aliphatic carbocycles. The number of hydrogen-bond donors (Lipinski definition) is 0. The second-order valence-electron chi connectivity index (χ2n) is 5.70. The smallest absolute Gasteiger partial charge is 0.429 e. The molecule has 28 heavy (non-hydrogen) atoms. The number of esters is 1.